The van der Waals surface area contributed by atoms with Gasteiger partial charge in [-0.3, -0.25) is 9.48 Å². The van der Waals surface area contributed by atoms with Crippen LogP contribution in [-0.4, -0.2) is 32.3 Å². The second-order valence-electron chi connectivity index (χ2n) is 5.79. The highest BCUT2D eigenvalue weighted by atomic mass is 16.5. The molecular weight excluding hydrogens is 294 g/mol. The minimum Gasteiger partial charge on any atom is -0.370 e. The minimum atomic E-state index is -0.143. The van der Waals surface area contributed by atoms with Crippen molar-refractivity contribution in [3.05, 3.63) is 41.2 Å². The fourth-order valence-corrected chi connectivity index (χ4v) is 2.67. The molecule has 3 rings (SSSR count). The normalized spacial score (nSPS) is 17.9. The third-order valence-corrected chi connectivity index (χ3v) is 3.90. The van der Waals surface area contributed by atoms with Crippen LogP contribution in [0.2, 0.25) is 0 Å². The van der Waals surface area contributed by atoms with Gasteiger partial charge in [0.15, 0.2) is 5.82 Å². The average Bonchev–Trinajstić information content (AvgIpc) is 2.92. The highest BCUT2D eigenvalue weighted by Gasteiger charge is 2.18. The molecule has 7 heteroatoms. The van der Waals surface area contributed by atoms with E-state index in [0.717, 1.165) is 37.3 Å². The number of nitrogens with one attached hydrogen (secondary N) is 1. The zero-order valence-electron chi connectivity index (χ0n) is 13.5. The molecule has 23 heavy (non-hydrogen) atoms. The van der Waals surface area contributed by atoms with E-state index in [1.54, 1.807) is 30.3 Å². The molecule has 2 aromatic heterocycles. The first kappa shape index (κ1) is 15.6. The Bertz CT molecular complexity index is 674. The third kappa shape index (κ3) is 3.73. The summed E-state index contributed by atoms with van der Waals surface area (Å²) in [6.07, 6.45) is 8.43. The lowest BCUT2D eigenvalue weighted by molar-refractivity contribution is 0.00940. The third-order valence-electron chi connectivity index (χ3n) is 3.90. The maximum atomic E-state index is 12.1. The smallest absolute Gasteiger partial charge is 0.255 e. The second kappa shape index (κ2) is 6.87. The zero-order valence-corrected chi connectivity index (χ0v) is 13.5. The topological polar surface area (TPSA) is 81.9 Å². The van der Waals surface area contributed by atoms with Crippen LogP contribution in [0.3, 0.4) is 0 Å². The summed E-state index contributed by atoms with van der Waals surface area (Å²) in [4.78, 5) is 20.9. The molecule has 1 aliphatic rings. The average molecular weight is 315 g/mol. The number of hydrogen-bond donors (Lipinski definition) is 1. The molecule has 2 aromatic rings. The van der Waals surface area contributed by atoms with Gasteiger partial charge in [-0.15, -0.1) is 0 Å². The molecule has 0 radical (unpaired) electrons. The Kier molecular flexibility index (Phi) is 4.66. The van der Waals surface area contributed by atoms with E-state index in [2.05, 4.69) is 20.4 Å². The van der Waals surface area contributed by atoms with Gasteiger partial charge in [0.1, 0.15) is 6.10 Å². The summed E-state index contributed by atoms with van der Waals surface area (Å²) in [5.74, 6) is 0.582. The largest absolute Gasteiger partial charge is 0.370 e. The summed E-state index contributed by atoms with van der Waals surface area (Å²) >= 11 is 0. The molecule has 0 aliphatic carbocycles. The maximum absolute atomic E-state index is 12.1. The van der Waals surface area contributed by atoms with Crippen LogP contribution in [0, 0.1) is 6.92 Å². The molecule has 7 nitrogen and oxygen atoms in total. The summed E-state index contributed by atoms with van der Waals surface area (Å²) in [5, 5.41) is 7.03. The van der Waals surface area contributed by atoms with Gasteiger partial charge in [0.2, 0.25) is 0 Å². The second-order valence-corrected chi connectivity index (χ2v) is 5.79. The van der Waals surface area contributed by atoms with E-state index in [0.29, 0.717) is 17.8 Å². The van der Waals surface area contributed by atoms with Crippen LogP contribution in [0.15, 0.2) is 18.6 Å². The van der Waals surface area contributed by atoms with Gasteiger partial charge in [-0.25, -0.2) is 9.97 Å². The Morgan fingerprint density at radius 3 is 2.78 bits per heavy atom. The van der Waals surface area contributed by atoms with Gasteiger partial charge in [0.25, 0.3) is 5.91 Å². The molecule has 3 heterocycles. The maximum Gasteiger partial charge on any atom is 0.255 e. The van der Waals surface area contributed by atoms with Gasteiger partial charge in [-0.1, -0.05) is 0 Å². The van der Waals surface area contributed by atoms with Crippen LogP contribution in [-0.2, 0) is 18.3 Å². The molecule has 122 valence electrons. The number of aryl methyl sites for hydroxylation is 2. The first-order chi connectivity index (χ1) is 11.1. The van der Waals surface area contributed by atoms with Crippen LogP contribution in [0.25, 0.3) is 0 Å². The summed E-state index contributed by atoms with van der Waals surface area (Å²) in [7, 11) is 1.80. The first-order valence-corrected chi connectivity index (χ1v) is 7.84. The Morgan fingerprint density at radius 1 is 1.39 bits per heavy atom. The van der Waals surface area contributed by atoms with E-state index < -0.39 is 0 Å². The van der Waals surface area contributed by atoms with Crippen molar-refractivity contribution in [2.24, 2.45) is 7.05 Å². The summed E-state index contributed by atoms with van der Waals surface area (Å²) in [6, 6.07) is 0. The lowest BCUT2D eigenvalue weighted by Gasteiger charge is -2.21. The molecule has 1 amide bonds. The number of carbonyl (C=O) groups excluding carboxylic acids is 1. The lowest BCUT2D eigenvalue weighted by atomic mass is 10.1. The van der Waals surface area contributed by atoms with Crippen LogP contribution in [0.1, 0.15) is 52.8 Å². The molecule has 0 unspecified atom stereocenters. The minimum absolute atomic E-state index is 0.00503. The van der Waals surface area contributed by atoms with Gasteiger partial charge in [0.05, 0.1) is 11.3 Å². The Hall–Kier alpha value is -2.28. The number of nitrogens with zero attached hydrogens (tertiary/aromatic N) is 4. The van der Waals surface area contributed by atoms with Crippen LogP contribution in [0.5, 0.6) is 0 Å². The molecule has 0 aromatic carbocycles. The van der Waals surface area contributed by atoms with E-state index in [-0.39, 0.29) is 12.0 Å². The van der Waals surface area contributed by atoms with Gasteiger partial charge in [-0.05, 0) is 26.2 Å². The monoisotopic (exact) mass is 315 g/mol. The van der Waals surface area contributed by atoms with Crippen molar-refractivity contribution < 1.29 is 9.53 Å². The van der Waals surface area contributed by atoms with E-state index in [4.69, 9.17) is 4.74 Å². The van der Waals surface area contributed by atoms with Crippen molar-refractivity contribution in [3.63, 3.8) is 0 Å². The summed E-state index contributed by atoms with van der Waals surface area (Å²) in [6.45, 7) is 2.98. The van der Waals surface area contributed by atoms with Gasteiger partial charge in [0, 0.05) is 44.4 Å². The lowest BCUT2D eigenvalue weighted by Crippen LogP contribution is -2.23. The SMILES string of the molecule is Cc1nn(C)cc1C(=O)NCc1cnc([C@@H]2CCCCO2)nc1. The number of rotatable bonds is 4. The highest BCUT2D eigenvalue weighted by molar-refractivity contribution is 5.94. The highest BCUT2D eigenvalue weighted by Crippen LogP contribution is 2.24. The molecule has 1 fully saturated rings. The number of amides is 1. The molecule has 1 saturated heterocycles. The van der Waals surface area contributed by atoms with Crippen molar-refractivity contribution >= 4 is 5.91 Å². The fourth-order valence-electron chi connectivity index (χ4n) is 2.67. The van der Waals surface area contributed by atoms with Crippen molar-refractivity contribution in [2.45, 2.75) is 38.8 Å². The fraction of sp³-hybridized carbons (Fsp3) is 0.500. The number of ether oxygens (including phenoxy) is 1. The summed E-state index contributed by atoms with van der Waals surface area (Å²) in [5.41, 5.74) is 2.16. The summed E-state index contributed by atoms with van der Waals surface area (Å²) < 4.78 is 7.30. The van der Waals surface area contributed by atoms with E-state index >= 15 is 0 Å². The van der Waals surface area contributed by atoms with E-state index in [1.165, 1.54) is 0 Å². The molecule has 0 spiro atoms. The van der Waals surface area contributed by atoms with Crippen molar-refractivity contribution in [3.8, 4) is 0 Å². The van der Waals surface area contributed by atoms with Crippen molar-refractivity contribution in [1.29, 1.82) is 0 Å². The quantitative estimate of drug-likeness (QED) is 0.928. The van der Waals surface area contributed by atoms with Crippen LogP contribution in [0.4, 0.5) is 0 Å². The van der Waals surface area contributed by atoms with Crippen LogP contribution < -0.4 is 5.32 Å². The van der Waals surface area contributed by atoms with Gasteiger partial charge >= 0.3 is 0 Å². The predicted octanol–water partition coefficient (Wildman–Crippen LogP) is 1.69. The van der Waals surface area contributed by atoms with Gasteiger partial charge < -0.3 is 10.1 Å². The molecular formula is C16H21N5O2. The van der Waals surface area contributed by atoms with Crippen LogP contribution >= 0.6 is 0 Å². The van der Waals surface area contributed by atoms with Gasteiger partial charge in [-0.2, -0.15) is 5.10 Å². The molecule has 0 bridgehead atoms. The Morgan fingerprint density at radius 2 is 2.17 bits per heavy atom. The number of carbonyl (C=O) groups is 1. The number of hydrogen-bond acceptors (Lipinski definition) is 5. The molecule has 1 aliphatic heterocycles. The number of aromatic nitrogens is 4. The molecule has 1 N–H and O–H groups in total. The molecule has 0 saturated carbocycles. The standard InChI is InChI=1S/C16H21N5O2/c1-11-13(10-21(2)20-11)16(22)19-9-12-7-17-15(18-8-12)14-5-3-4-6-23-14/h7-8,10,14H,3-6,9H2,1-2H3,(H,19,22)/t14-/m0/s1. The Labute approximate surface area is 135 Å². The zero-order chi connectivity index (χ0) is 16.2. The van der Waals surface area contributed by atoms with Crippen molar-refractivity contribution in [1.82, 2.24) is 25.1 Å². The van der Waals surface area contributed by atoms with Crippen molar-refractivity contribution in [2.75, 3.05) is 6.61 Å². The predicted molar refractivity (Wildman–Crippen MR) is 83.7 cm³/mol. The van der Waals surface area contributed by atoms with E-state index in [9.17, 15) is 4.79 Å². The van der Waals surface area contributed by atoms with E-state index in [1.807, 2.05) is 6.92 Å². The Balaban J connectivity index is 1.58. The molecule has 1 atom stereocenters. The first-order valence-electron chi connectivity index (χ1n) is 7.84.